The zero-order valence-electron chi connectivity index (χ0n) is 15.9. The van der Waals surface area contributed by atoms with Gasteiger partial charge >= 0.3 is 0 Å². The van der Waals surface area contributed by atoms with Crippen molar-refractivity contribution in [3.8, 4) is 6.07 Å². The van der Waals surface area contributed by atoms with E-state index in [9.17, 15) is 14.9 Å². The molecule has 2 amide bonds. The van der Waals surface area contributed by atoms with Crippen molar-refractivity contribution >= 4 is 50.9 Å². The number of carbonyl (C=O) groups excluding carboxylic acids is 2. The highest BCUT2D eigenvalue weighted by Crippen LogP contribution is 2.37. The lowest BCUT2D eigenvalue weighted by molar-refractivity contribution is -0.114. The van der Waals surface area contributed by atoms with E-state index in [1.54, 1.807) is 24.3 Å². The molecule has 3 aromatic rings. The number of nitrogens with zero attached hydrogens (tertiary/aromatic N) is 1. The first-order valence-electron chi connectivity index (χ1n) is 8.72. The third kappa shape index (κ3) is 4.72. The van der Waals surface area contributed by atoms with Crippen molar-refractivity contribution in [2.45, 2.75) is 13.8 Å². The van der Waals surface area contributed by atoms with Crippen molar-refractivity contribution in [2.24, 2.45) is 0 Å². The quantitative estimate of drug-likeness (QED) is 0.499. The van der Waals surface area contributed by atoms with Gasteiger partial charge < -0.3 is 21.7 Å². The minimum Gasteiger partial charge on any atom is -0.396 e. The second-order valence-corrected chi connectivity index (χ2v) is 7.39. The highest BCUT2D eigenvalue weighted by Gasteiger charge is 2.21. The molecule has 0 radical (unpaired) electrons. The highest BCUT2D eigenvalue weighted by atomic mass is 32.1. The summed E-state index contributed by atoms with van der Waals surface area (Å²) in [5.41, 5.74) is 9.53. The Bertz CT molecular complexity index is 1100. The monoisotopic (exact) mass is 405 g/mol. The zero-order valence-corrected chi connectivity index (χ0v) is 16.7. The Hall–Kier alpha value is -3.83. The lowest BCUT2D eigenvalue weighted by atomic mass is 10.2. The summed E-state index contributed by atoms with van der Waals surface area (Å²) in [5.74, 6) is -0.584. The molecule has 0 atom stereocenters. The summed E-state index contributed by atoms with van der Waals surface area (Å²) in [6.45, 7) is 3.41. The lowest BCUT2D eigenvalue weighted by Crippen LogP contribution is -2.12. The number of nitrogens with one attached hydrogen (secondary N) is 3. The number of nitrogens with two attached hydrogens (primary N) is 1. The van der Waals surface area contributed by atoms with Gasteiger partial charge in [-0.05, 0) is 43.3 Å². The molecular formula is C21H19N5O2S. The zero-order chi connectivity index (χ0) is 21.0. The molecule has 3 rings (SSSR count). The number of thiophene rings is 1. The van der Waals surface area contributed by atoms with E-state index in [-0.39, 0.29) is 22.0 Å². The number of benzene rings is 2. The van der Waals surface area contributed by atoms with E-state index >= 15 is 0 Å². The van der Waals surface area contributed by atoms with Crippen LogP contribution in [0.15, 0.2) is 48.5 Å². The molecule has 0 aliphatic rings. The molecule has 0 aliphatic carbocycles. The maximum absolute atomic E-state index is 12.7. The van der Waals surface area contributed by atoms with Crippen molar-refractivity contribution in [3.63, 3.8) is 0 Å². The van der Waals surface area contributed by atoms with Crippen LogP contribution in [0.1, 0.15) is 27.7 Å². The van der Waals surface area contributed by atoms with Gasteiger partial charge in [-0.15, -0.1) is 11.3 Å². The van der Waals surface area contributed by atoms with Gasteiger partial charge in [0.2, 0.25) is 5.91 Å². The maximum Gasteiger partial charge on any atom is 0.267 e. The molecule has 0 unspecified atom stereocenters. The van der Waals surface area contributed by atoms with Crippen LogP contribution in [0.3, 0.4) is 0 Å². The summed E-state index contributed by atoms with van der Waals surface area (Å²) >= 11 is 1.12. The molecule has 146 valence electrons. The van der Waals surface area contributed by atoms with E-state index in [0.717, 1.165) is 22.6 Å². The minimum atomic E-state index is -0.409. The molecule has 0 spiro atoms. The van der Waals surface area contributed by atoms with Crippen LogP contribution in [0.5, 0.6) is 0 Å². The summed E-state index contributed by atoms with van der Waals surface area (Å²) < 4.78 is 0. The topological polar surface area (TPSA) is 120 Å². The lowest BCUT2D eigenvalue weighted by Gasteiger charge is -2.06. The molecule has 8 heteroatoms. The third-order valence-electron chi connectivity index (χ3n) is 4.04. The summed E-state index contributed by atoms with van der Waals surface area (Å²) in [6, 6.07) is 16.4. The molecule has 29 heavy (non-hydrogen) atoms. The van der Waals surface area contributed by atoms with E-state index in [4.69, 9.17) is 5.73 Å². The number of amides is 2. The molecule has 0 bridgehead atoms. The van der Waals surface area contributed by atoms with E-state index in [1.165, 1.54) is 6.92 Å². The van der Waals surface area contributed by atoms with Gasteiger partial charge in [-0.25, -0.2) is 0 Å². The van der Waals surface area contributed by atoms with Crippen molar-refractivity contribution in [1.29, 1.82) is 5.26 Å². The molecule has 7 nitrogen and oxygen atoms in total. The van der Waals surface area contributed by atoms with E-state index < -0.39 is 5.91 Å². The Balaban J connectivity index is 1.80. The first kappa shape index (κ1) is 19.9. The van der Waals surface area contributed by atoms with Gasteiger partial charge in [0.15, 0.2) is 0 Å². The predicted molar refractivity (Wildman–Crippen MR) is 117 cm³/mol. The molecule has 0 saturated carbocycles. The Morgan fingerprint density at radius 2 is 1.52 bits per heavy atom. The average Bonchev–Trinajstić information content (AvgIpc) is 3.00. The molecular weight excluding hydrogens is 386 g/mol. The standard InChI is InChI=1S/C21H19N5O2S/c1-12-3-5-16(6-4-12)26-21-17(11-22)18(23)19(29-21)20(28)25-15-9-7-14(8-10-15)24-13(2)27/h3-10,26H,23H2,1-2H3,(H,24,27)(H,25,28). The van der Waals surface area contributed by atoms with Gasteiger partial charge in [0, 0.05) is 24.0 Å². The highest BCUT2D eigenvalue weighted by molar-refractivity contribution is 7.19. The maximum atomic E-state index is 12.7. The van der Waals surface area contributed by atoms with E-state index in [2.05, 4.69) is 22.0 Å². The van der Waals surface area contributed by atoms with Gasteiger partial charge in [-0.2, -0.15) is 5.26 Å². The number of hydrogen-bond acceptors (Lipinski definition) is 6. The Kier molecular flexibility index (Phi) is 5.81. The predicted octanol–water partition coefficient (Wildman–Crippen LogP) is 4.46. The fourth-order valence-corrected chi connectivity index (χ4v) is 3.59. The van der Waals surface area contributed by atoms with Crippen molar-refractivity contribution < 1.29 is 9.59 Å². The van der Waals surface area contributed by atoms with Crippen LogP contribution >= 0.6 is 11.3 Å². The van der Waals surface area contributed by atoms with Gasteiger partial charge in [0.1, 0.15) is 21.5 Å². The van der Waals surface area contributed by atoms with Crippen LogP contribution in [0, 0.1) is 18.3 Å². The summed E-state index contributed by atoms with van der Waals surface area (Å²) in [5, 5.41) is 18.6. The fourth-order valence-electron chi connectivity index (χ4n) is 2.61. The van der Waals surface area contributed by atoms with Crippen molar-refractivity contribution in [1.82, 2.24) is 0 Å². The van der Waals surface area contributed by atoms with Crippen LogP contribution in [-0.2, 0) is 4.79 Å². The summed E-state index contributed by atoms with van der Waals surface area (Å²) in [4.78, 5) is 24.0. The van der Waals surface area contributed by atoms with Gasteiger partial charge in [0.25, 0.3) is 5.91 Å². The normalized spacial score (nSPS) is 10.1. The van der Waals surface area contributed by atoms with Gasteiger partial charge in [0.05, 0.1) is 5.69 Å². The molecule has 0 fully saturated rings. The SMILES string of the molecule is CC(=O)Nc1ccc(NC(=O)c2sc(Nc3ccc(C)cc3)c(C#N)c2N)cc1. The summed E-state index contributed by atoms with van der Waals surface area (Å²) in [7, 11) is 0. The largest absolute Gasteiger partial charge is 0.396 e. The Morgan fingerprint density at radius 1 is 0.966 bits per heavy atom. The second kappa shape index (κ2) is 8.46. The number of carbonyl (C=O) groups is 2. The number of aryl methyl sites for hydroxylation is 1. The summed E-state index contributed by atoms with van der Waals surface area (Å²) in [6.07, 6.45) is 0. The number of anilines is 5. The molecule has 1 aromatic heterocycles. The fraction of sp³-hybridized carbons (Fsp3) is 0.0952. The minimum absolute atomic E-state index is 0.138. The molecule has 0 saturated heterocycles. The molecule has 2 aromatic carbocycles. The van der Waals surface area contributed by atoms with Gasteiger partial charge in [-0.3, -0.25) is 9.59 Å². The second-order valence-electron chi connectivity index (χ2n) is 6.36. The molecule has 5 N–H and O–H groups in total. The third-order valence-corrected chi connectivity index (χ3v) is 5.16. The smallest absolute Gasteiger partial charge is 0.267 e. The Morgan fingerprint density at radius 3 is 2.07 bits per heavy atom. The van der Waals surface area contributed by atoms with Gasteiger partial charge in [-0.1, -0.05) is 17.7 Å². The average molecular weight is 405 g/mol. The number of hydrogen-bond donors (Lipinski definition) is 4. The Labute approximate surface area is 172 Å². The van der Waals surface area contributed by atoms with Crippen LogP contribution < -0.4 is 21.7 Å². The first-order valence-corrected chi connectivity index (χ1v) is 9.54. The first-order chi connectivity index (χ1) is 13.9. The van der Waals surface area contributed by atoms with E-state index in [0.29, 0.717) is 16.4 Å². The van der Waals surface area contributed by atoms with Crippen LogP contribution in [0.2, 0.25) is 0 Å². The van der Waals surface area contributed by atoms with Crippen molar-refractivity contribution in [3.05, 3.63) is 64.5 Å². The number of nitrogen functional groups attached to an aromatic ring is 1. The number of nitriles is 1. The number of rotatable bonds is 5. The van der Waals surface area contributed by atoms with Crippen LogP contribution in [-0.4, -0.2) is 11.8 Å². The van der Waals surface area contributed by atoms with E-state index in [1.807, 2.05) is 31.2 Å². The molecule has 1 heterocycles. The van der Waals surface area contributed by atoms with Crippen LogP contribution in [0.25, 0.3) is 0 Å². The molecule has 0 aliphatic heterocycles. The van der Waals surface area contributed by atoms with Crippen LogP contribution in [0.4, 0.5) is 27.8 Å². The van der Waals surface area contributed by atoms with Crippen molar-refractivity contribution in [2.75, 3.05) is 21.7 Å².